The number of nitrogens with two attached hydrogens (primary N) is 1. The van der Waals surface area contributed by atoms with Crippen molar-refractivity contribution in [3.8, 4) is 11.5 Å². The molecular weight excluding hydrogens is 212 g/mol. The number of thiazole rings is 1. The molecule has 0 aromatic carbocycles. The molecule has 15 heavy (non-hydrogen) atoms. The Morgan fingerprint density at radius 2 is 2.47 bits per heavy atom. The van der Waals surface area contributed by atoms with Crippen LogP contribution in [0.1, 0.15) is 19.2 Å². The van der Waals surface area contributed by atoms with E-state index in [0.29, 0.717) is 18.1 Å². The molecule has 2 aromatic heterocycles. The summed E-state index contributed by atoms with van der Waals surface area (Å²) in [6.45, 7) is 2.03. The number of aromatic nitrogens is 3. The lowest BCUT2D eigenvalue weighted by atomic mass is 10.2. The van der Waals surface area contributed by atoms with Crippen molar-refractivity contribution in [2.75, 3.05) is 0 Å². The van der Waals surface area contributed by atoms with Gasteiger partial charge in [0.2, 0.25) is 11.7 Å². The van der Waals surface area contributed by atoms with Crippen LogP contribution in [0.2, 0.25) is 0 Å². The van der Waals surface area contributed by atoms with Crippen LogP contribution in [0.15, 0.2) is 15.4 Å². The van der Waals surface area contributed by atoms with Crippen LogP contribution < -0.4 is 5.73 Å². The van der Waals surface area contributed by atoms with Gasteiger partial charge in [0.1, 0.15) is 5.69 Å². The predicted molar refractivity (Wildman–Crippen MR) is 57.4 cm³/mol. The highest BCUT2D eigenvalue weighted by Crippen LogP contribution is 2.15. The number of rotatable bonds is 4. The van der Waals surface area contributed by atoms with E-state index in [1.165, 1.54) is 11.3 Å². The van der Waals surface area contributed by atoms with Gasteiger partial charge in [0, 0.05) is 17.8 Å². The summed E-state index contributed by atoms with van der Waals surface area (Å²) in [4.78, 5) is 8.33. The van der Waals surface area contributed by atoms with Crippen LogP contribution in [0.5, 0.6) is 0 Å². The Kier molecular flexibility index (Phi) is 3.08. The quantitative estimate of drug-likeness (QED) is 0.850. The van der Waals surface area contributed by atoms with Gasteiger partial charge in [-0.3, -0.25) is 0 Å². The maximum absolute atomic E-state index is 5.79. The largest absolute Gasteiger partial charge is 0.339 e. The second-order valence-electron chi connectivity index (χ2n) is 3.26. The van der Waals surface area contributed by atoms with Crippen LogP contribution in [0.25, 0.3) is 11.5 Å². The molecule has 0 saturated heterocycles. The molecule has 2 heterocycles. The van der Waals surface area contributed by atoms with Gasteiger partial charge in [-0.05, 0) is 6.42 Å². The zero-order chi connectivity index (χ0) is 10.7. The minimum absolute atomic E-state index is 0.0775. The van der Waals surface area contributed by atoms with Crippen LogP contribution in [0.3, 0.4) is 0 Å². The van der Waals surface area contributed by atoms with Crippen LogP contribution >= 0.6 is 11.3 Å². The fourth-order valence-corrected chi connectivity index (χ4v) is 1.66. The summed E-state index contributed by atoms with van der Waals surface area (Å²) in [6, 6.07) is 0.0775. The first-order valence-corrected chi connectivity index (χ1v) is 5.70. The molecule has 6 heteroatoms. The van der Waals surface area contributed by atoms with E-state index < -0.39 is 0 Å². The van der Waals surface area contributed by atoms with Crippen molar-refractivity contribution in [3.63, 3.8) is 0 Å². The fourth-order valence-electron chi connectivity index (χ4n) is 1.13. The summed E-state index contributed by atoms with van der Waals surface area (Å²) >= 11 is 1.50. The monoisotopic (exact) mass is 224 g/mol. The van der Waals surface area contributed by atoms with Crippen LogP contribution in [0.4, 0.5) is 0 Å². The Labute approximate surface area is 91.3 Å². The Morgan fingerprint density at radius 3 is 3.13 bits per heavy atom. The van der Waals surface area contributed by atoms with Gasteiger partial charge < -0.3 is 10.3 Å². The Hall–Kier alpha value is -1.27. The van der Waals surface area contributed by atoms with E-state index in [1.807, 2.05) is 12.3 Å². The van der Waals surface area contributed by atoms with Crippen LogP contribution in [-0.4, -0.2) is 21.2 Å². The van der Waals surface area contributed by atoms with Crippen molar-refractivity contribution in [3.05, 3.63) is 16.8 Å². The molecule has 0 bridgehead atoms. The molecule has 0 aliphatic heterocycles. The van der Waals surface area contributed by atoms with E-state index in [4.69, 9.17) is 10.3 Å². The maximum atomic E-state index is 5.79. The van der Waals surface area contributed by atoms with E-state index in [2.05, 4.69) is 15.1 Å². The van der Waals surface area contributed by atoms with Crippen LogP contribution in [-0.2, 0) is 6.42 Å². The molecule has 0 aliphatic carbocycles. The van der Waals surface area contributed by atoms with Gasteiger partial charge in [-0.15, -0.1) is 11.3 Å². The molecule has 2 aromatic rings. The summed E-state index contributed by atoms with van der Waals surface area (Å²) in [5, 5.41) is 5.73. The predicted octanol–water partition coefficient (Wildman–Crippen LogP) is 1.47. The number of hydrogen-bond acceptors (Lipinski definition) is 6. The van der Waals surface area contributed by atoms with Crippen molar-refractivity contribution < 1.29 is 4.52 Å². The van der Waals surface area contributed by atoms with Crippen molar-refractivity contribution in [1.82, 2.24) is 15.1 Å². The highest BCUT2D eigenvalue weighted by Gasteiger charge is 2.12. The molecule has 1 atom stereocenters. The molecule has 2 rings (SSSR count). The molecule has 0 amide bonds. The summed E-state index contributed by atoms with van der Waals surface area (Å²) < 4.78 is 5.08. The van der Waals surface area contributed by atoms with Gasteiger partial charge in [-0.25, -0.2) is 4.98 Å². The maximum Gasteiger partial charge on any atom is 0.228 e. The van der Waals surface area contributed by atoms with E-state index in [9.17, 15) is 0 Å². The average Bonchev–Trinajstić information content (AvgIpc) is 2.85. The molecule has 0 saturated carbocycles. The van der Waals surface area contributed by atoms with Gasteiger partial charge in [0.25, 0.3) is 0 Å². The zero-order valence-electron chi connectivity index (χ0n) is 8.38. The molecule has 0 aliphatic rings. The summed E-state index contributed by atoms with van der Waals surface area (Å²) in [5.41, 5.74) is 8.28. The van der Waals surface area contributed by atoms with Gasteiger partial charge in [-0.1, -0.05) is 12.1 Å². The second-order valence-corrected chi connectivity index (χ2v) is 3.98. The third-order valence-corrected chi connectivity index (χ3v) is 2.68. The molecule has 5 nitrogen and oxygen atoms in total. The number of nitrogens with zero attached hydrogens (tertiary/aromatic N) is 3. The van der Waals surface area contributed by atoms with Gasteiger partial charge in [-0.2, -0.15) is 4.98 Å². The minimum atomic E-state index is 0.0775. The summed E-state index contributed by atoms with van der Waals surface area (Å²) in [5.74, 6) is 1.11. The fraction of sp³-hybridized carbons (Fsp3) is 0.444. The third-order valence-electron chi connectivity index (χ3n) is 2.09. The second kappa shape index (κ2) is 4.50. The molecule has 0 radical (unpaired) electrons. The van der Waals surface area contributed by atoms with Crippen LogP contribution in [0, 0.1) is 0 Å². The number of hydrogen-bond donors (Lipinski definition) is 1. The summed E-state index contributed by atoms with van der Waals surface area (Å²) in [6.07, 6.45) is 1.52. The third kappa shape index (κ3) is 2.40. The van der Waals surface area contributed by atoms with Crippen molar-refractivity contribution in [1.29, 1.82) is 0 Å². The molecule has 2 N–H and O–H groups in total. The SMILES string of the molecule is CCC(N)Cc1nc(-c2cscn2)no1. The molecule has 1 unspecified atom stereocenters. The first-order valence-electron chi connectivity index (χ1n) is 4.76. The van der Waals surface area contributed by atoms with E-state index in [0.717, 1.165) is 12.1 Å². The smallest absolute Gasteiger partial charge is 0.228 e. The van der Waals surface area contributed by atoms with E-state index >= 15 is 0 Å². The normalized spacial score (nSPS) is 12.9. The van der Waals surface area contributed by atoms with Crippen molar-refractivity contribution in [2.45, 2.75) is 25.8 Å². The van der Waals surface area contributed by atoms with Gasteiger partial charge in [0.15, 0.2) is 0 Å². The lowest BCUT2D eigenvalue weighted by Gasteiger charge is -2.02. The highest BCUT2D eigenvalue weighted by atomic mass is 32.1. The van der Waals surface area contributed by atoms with E-state index in [-0.39, 0.29) is 6.04 Å². The molecular formula is C9H12N4OS. The highest BCUT2D eigenvalue weighted by molar-refractivity contribution is 7.07. The van der Waals surface area contributed by atoms with Crippen molar-refractivity contribution >= 4 is 11.3 Å². The average molecular weight is 224 g/mol. The topological polar surface area (TPSA) is 77.8 Å². The Balaban J connectivity index is 2.11. The summed E-state index contributed by atoms with van der Waals surface area (Å²) in [7, 11) is 0. The lowest BCUT2D eigenvalue weighted by Crippen LogP contribution is -2.21. The Morgan fingerprint density at radius 1 is 1.60 bits per heavy atom. The Bertz CT molecular complexity index is 411. The molecule has 80 valence electrons. The molecule has 0 fully saturated rings. The first-order chi connectivity index (χ1) is 7.29. The van der Waals surface area contributed by atoms with Crippen molar-refractivity contribution in [2.24, 2.45) is 5.73 Å². The van der Waals surface area contributed by atoms with E-state index in [1.54, 1.807) is 5.51 Å². The zero-order valence-corrected chi connectivity index (χ0v) is 9.20. The lowest BCUT2D eigenvalue weighted by molar-refractivity contribution is 0.368. The minimum Gasteiger partial charge on any atom is -0.339 e. The van der Waals surface area contributed by atoms with Gasteiger partial charge >= 0.3 is 0 Å². The standard InChI is InChI=1S/C9H12N4OS/c1-2-6(10)3-8-12-9(13-14-8)7-4-15-5-11-7/h4-6H,2-3,10H2,1H3. The van der Waals surface area contributed by atoms with Gasteiger partial charge in [0.05, 0.1) is 5.51 Å². The molecule has 0 spiro atoms. The first kappa shape index (κ1) is 10.3.